The highest BCUT2D eigenvalue weighted by atomic mass is 79.9. The molecule has 0 unspecified atom stereocenters. The Bertz CT molecular complexity index is 6500. The van der Waals surface area contributed by atoms with Gasteiger partial charge in [-0.3, -0.25) is 15.0 Å². The molecule has 0 radical (unpaired) electrons. The summed E-state index contributed by atoms with van der Waals surface area (Å²) in [6, 6.07) is 100. The summed E-state index contributed by atoms with van der Waals surface area (Å²) in [6.45, 7) is 0. The van der Waals surface area contributed by atoms with Crippen molar-refractivity contribution in [1.82, 2.24) is 15.0 Å². The van der Waals surface area contributed by atoms with Crippen molar-refractivity contribution < 1.29 is 27.9 Å². The smallest absolute Gasteiger partial charge is 0.338 e. The number of rotatable bonds is 8. The van der Waals surface area contributed by atoms with E-state index in [0.717, 1.165) is 151 Å². The van der Waals surface area contributed by atoms with E-state index in [-0.39, 0.29) is 0 Å². The van der Waals surface area contributed by atoms with Crippen LogP contribution in [-0.4, -0.2) is 33.1 Å². The number of hydrogen-bond acceptors (Lipinski definition) is 9. The standard InChI is InChI=1S/C34H22BrNO2.C34H20BrNO.C23H14BrNO3/c35-29-21-28(34(37,22-11-3-1-4-12-22)23-13-5-2-6-14-23)31(32-26(29)18-10-20-36-32)27-17-9-16-25-24-15-7-8-19-30(24)38-33(25)27;35-28-20-27-30(32-25(28)15-9-19-36-32)31-26(18-17-24-23-14-7-8-16-29(23)37-33(24)31)34(27,21-10-3-1-4-11-21)22-12-5-2-6-13-22;1-27-23(26)17-12-18(24)15-9-5-11-25-21(15)20(17)16-8-4-7-14-13-6-2-3-10-19(13)28-22(14)16/h1-21,37H;1-20H;2-12H,1H3. The second kappa shape index (κ2) is 25.8. The highest BCUT2D eigenvalue weighted by molar-refractivity contribution is 9.11. The van der Waals surface area contributed by atoms with Crippen molar-refractivity contribution in [2.45, 2.75) is 11.0 Å². The zero-order valence-electron chi connectivity index (χ0n) is 55.0. The van der Waals surface area contributed by atoms with E-state index in [0.29, 0.717) is 16.6 Å². The van der Waals surface area contributed by atoms with Gasteiger partial charge in [-0.05, 0) is 88.0 Å². The number of hydrogen-bond donors (Lipinski definition) is 1. The second-order valence-electron chi connectivity index (χ2n) is 25.5. The molecule has 0 atom stereocenters. The molecule has 1 aliphatic carbocycles. The van der Waals surface area contributed by atoms with Crippen LogP contribution in [0.2, 0.25) is 0 Å². The van der Waals surface area contributed by atoms with Crippen LogP contribution in [0.4, 0.5) is 0 Å². The van der Waals surface area contributed by atoms with Crippen molar-refractivity contribution in [3.05, 3.63) is 374 Å². The Kier molecular flexibility index (Phi) is 15.9. The molecule has 20 rings (SSSR count). The quantitative estimate of drug-likeness (QED) is 0.117. The maximum Gasteiger partial charge on any atom is 0.338 e. The van der Waals surface area contributed by atoms with Gasteiger partial charge in [0.25, 0.3) is 0 Å². The van der Waals surface area contributed by atoms with Gasteiger partial charge in [0.1, 0.15) is 39.1 Å². The average Bonchev–Trinajstić information content (AvgIpc) is 1.51. The first kappa shape index (κ1) is 63.5. The normalized spacial score (nSPS) is 12.4. The Labute approximate surface area is 615 Å². The highest BCUT2D eigenvalue weighted by Crippen LogP contribution is 2.61. The van der Waals surface area contributed by atoms with Gasteiger partial charge in [-0.1, -0.05) is 290 Å². The van der Waals surface area contributed by atoms with Crippen molar-refractivity contribution >= 4 is 152 Å². The fourth-order valence-corrected chi connectivity index (χ4v) is 17.3. The van der Waals surface area contributed by atoms with Crippen LogP contribution in [0.1, 0.15) is 49.3 Å². The summed E-state index contributed by atoms with van der Waals surface area (Å²) in [7, 11) is 1.38. The fraction of sp³-hybridized carbons (Fsp3) is 0.0330. The van der Waals surface area contributed by atoms with Gasteiger partial charge in [-0.25, -0.2) is 4.79 Å². The van der Waals surface area contributed by atoms with Crippen LogP contribution in [0, 0.1) is 0 Å². The van der Waals surface area contributed by atoms with E-state index in [1.807, 2.05) is 176 Å². The summed E-state index contributed by atoms with van der Waals surface area (Å²) in [4.78, 5) is 27.0. The third kappa shape index (κ3) is 10.2. The first-order valence-corrected chi connectivity index (χ1v) is 36.0. The third-order valence-electron chi connectivity index (χ3n) is 20.1. The fourth-order valence-electron chi connectivity index (χ4n) is 15.6. The summed E-state index contributed by atoms with van der Waals surface area (Å²) >= 11 is 11.3. The Hall–Kier alpha value is -11.6. The molecule has 0 spiro atoms. The number of halogens is 3. The minimum Gasteiger partial charge on any atom is -0.465 e. The predicted molar refractivity (Wildman–Crippen MR) is 425 cm³/mol. The lowest BCUT2D eigenvalue weighted by Crippen LogP contribution is -2.30. The lowest BCUT2D eigenvalue weighted by Gasteiger charge is -2.34. The number of aromatic nitrogens is 3. The molecular formula is C91H56Br3N3O6. The second-order valence-corrected chi connectivity index (χ2v) is 28.0. The maximum absolute atomic E-state index is 12.9. The van der Waals surface area contributed by atoms with Crippen LogP contribution in [0.3, 0.4) is 0 Å². The van der Waals surface area contributed by atoms with Gasteiger partial charge in [-0.15, -0.1) is 0 Å². The number of benzene rings is 13. The molecule has 13 aromatic carbocycles. The molecule has 0 aliphatic heterocycles. The molecule has 6 heterocycles. The van der Waals surface area contributed by atoms with Gasteiger partial charge >= 0.3 is 5.97 Å². The summed E-state index contributed by atoms with van der Waals surface area (Å²) in [5, 5.41) is 22.2. The minimum atomic E-state index is -1.46. The van der Waals surface area contributed by atoms with Crippen LogP contribution >= 0.6 is 47.8 Å². The number of pyridine rings is 3. The van der Waals surface area contributed by atoms with Crippen LogP contribution in [0.15, 0.2) is 343 Å². The van der Waals surface area contributed by atoms with E-state index in [1.54, 1.807) is 18.5 Å². The minimum absolute atomic E-state index is 0.420. The van der Waals surface area contributed by atoms with Gasteiger partial charge in [0, 0.05) is 119 Å². The van der Waals surface area contributed by atoms with Gasteiger partial charge in [0.2, 0.25) is 0 Å². The average molecular weight is 1530 g/mol. The molecule has 0 fully saturated rings. The number of nitrogens with zero attached hydrogens (tertiary/aromatic N) is 3. The summed E-state index contributed by atoms with van der Waals surface area (Å²) in [6.07, 6.45) is 5.40. The summed E-state index contributed by atoms with van der Waals surface area (Å²) < 4.78 is 27.1. The molecule has 19 aromatic rings. The molecule has 0 saturated heterocycles. The molecule has 0 bridgehead atoms. The third-order valence-corrected chi connectivity index (χ3v) is 22.0. The number of furan rings is 3. The number of carbonyl (C=O) groups is 1. The number of para-hydroxylation sites is 5. The van der Waals surface area contributed by atoms with E-state index in [4.69, 9.17) is 28.0 Å². The van der Waals surface area contributed by atoms with E-state index in [2.05, 4.69) is 174 Å². The molecule has 12 heteroatoms. The monoisotopic (exact) mass is 1520 g/mol. The molecule has 1 N–H and O–H groups in total. The van der Waals surface area contributed by atoms with E-state index < -0.39 is 17.0 Å². The van der Waals surface area contributed by atoms with Gasteiger partial charge < -0.3 is 23.1 Å². The van der Waals surface area contributed by atoms with Crippen molar-refractivity contribution in [3.8, 4) is 33.4 Å². The lowest BCUT2D eigenvalue weighted by atomic mass is 9.67. The molecule has 6 aromatic heterocycles. The molecule has 103 heavy (non-hydrogen) atoms. The van der Waals surface area contributed by atoms with Crippen LogP contribution in [-0.2, 0) is 15.8 Å². The summed E-state index contributed by atoms with van der Waals surface area (Å²) in [5.41, 5.74) is 18.5. The molecule has 0 saturated carbocycles. The van der Waals surface area contributed by atoms with E-state index in [9.17, 15) is 9.90 Å². The highest BCUT2D eigenvalue weighted by Gasteiger charge is 2.49. The summed E-state index contributed by atoms with van der Waals surface area (Å²) in [5.74, 6) is -0.420. The van der Waals surface area contributed by atoms with Gasteiger partial charge in [0.15, 0.2) is 0 Å². The number of ether oxygens (including phenoxy) is 1. The Morgan fingerprint density at radius 2 is 0.757 bits per heavy atom. The van der Waals surface area contributed by atoms with Crippen LogP contribution in [0.25, 0.3) is 132 Å². The van der Waals surface area contributed by atoms with Crippen LogP contribution in [0.5, 0.6) is 0 Å². The van der Waals surface area contributed by atoms with Crippen molar-refractivity contribution in [2.75, 3.05) is 7.11 Å². The topological polar surface area (TPSA) is 125 Å². The number of aliphatic hydroxyl groups is 1. The van der Waals surface area contributed by atoms with Crippen molar-refractivity contribution in [1.29, 1.82) is 0 Å². The maximum atomic E-state index is 12.9. The first-order chi connectivity index (χ1) is 50.6. The lowest BCUT2D eigenvalue weighted by molar-refractivity contribution is 0.0601. The van der Waals surface area contributed by atoms with Crippen molar-refractivity contribution in [3.63, 3.8) is 0 Å². The van der Waals surface area contributed by atoms with Crippen molar-refractivity contribution in [2.24, 2.45) is 0 Å². The largest absolute Gasteiger partial charge is 0.465 e. The number of fused-ring (bicyclic) bond motifs is 17. The van der Waals surface area contributed by atoms with Crippen LogP contribution < -0.4 is 0 Å². The Morgan fingerprint density at radius 3 is 1.25 bits per heavy atom. The Morgan fingerprint density at radius 1 is 0.369 bits per heavy atom. The predicted octanol–water partition coefficient (Wildman–Crippen LogP) is 24.5. The molecular weight excluding hydrogens is 1470 g/mol. The number of carbonyl (C=O) groups excluding carboxylic acids is 1. The molecule has 1 aliphatic rings. The van der Waals surface area contributed by atoms with E-state index in [1.165, 1.54) is 29.4 Å². The zero-order chi connectivity index (χ0) is 69.5. The zero-order valence-corrected chi connectivity index (χ0v) is 59.7. The Balaban J connectivity index is 0.000000112. The molecule has 492 valence electrons. The van der Waals surface area contributed by atoms with Gasteiger partial charge in [0.05, 0.1) is 34.6 Å². The SMILES string of the molecule is Brc1cc2c(c3ncccc13)-c1c(ccc3c1oc1ccccc13)C2(c1ccccc1)c1ccccc1.COC(=O)c1cc(Br)c2cccnc2c1-c1cccc2c1oc1ccccc12.OC(c1ccccc1)(c1ccccc1)c1cc(Br)c2cccnc2c1-c1cccc2c1oc1ccccc12. The molecule has 0 amide bonds. The number of esters is 1. The van der Waals surface area contributed by atoms with E-state index >= 15 is 0 Å². The molecule has 9 nitrogen and oxygen atoms in total. The first-order valence-electron chi connectivity index (χ1n) is 33.6. The number of methoxy groups -OCH3 is 1. The van der Waals surface area contributed by atoms with Gasteiger partial charge in [-0.2, -0.15) is 0 Å².